The molecule has 1 rings (SSSR count). The third-order valence-corrected chi connectivity index (χ3v) is 4.25. The molecule has 1 aromatic rings. The number of benzene rings is 1. The number of carbonyl (C=O) groups is 2. The minimum atomic E-state index is -0.380. The lowest BCUT2D eigenvalue weighted by atomic mass is 9.91. The van der Waals surface area contributed by atoms with Gasteiger partial charge in [0.05, 0.1) is 11.5 Å². The molecule has 3 N–H and O–H groups in total. The lowest BCUT2D eigenvalue weighted by Gasteiger charge is -2.31. The van der Waals surface area contributed by atoms with E-state index in [1.54, 1.807) is 12.1 Å². The standard InChI is InChI=1S/C17H26N2O2S.ClH/c1-13(2)9-17(3,12-18)19-16(21)11-22-10-15(20)14-7-5-4-6-8-14;/h4-8,13H,9-12,18H2,1-3H3,(H,19,21);1H. The summed E-state index contributed by atoms with van der Waals surface area (Å²) in [7, 11) is 0. The summed E-state index contributed by atoms with van der Waals surface area (Å²) in [6.45, 7) is 6.58. The van der Waals surface area contributed by atoms with Gasteiger partial charge in [-0.3, -0.25) is 9.59 Å². The zero-order valence-electron chi connectivity index (χ0n) is 14.0. The van der Waals surface area contributed by atoms with Gasteiger partial charge in [-0.15, -0.1) is 24.2 Å². The molecule has 6 heteroatoms. The normalized spacial score (nSPS) is 13.1. The van der Waals surface area contributed by atoms with Crippen molar-refractivity contribution in [1.82, 2.24) is 5.32 Å². The predicted octanol–water partition coefficient (Wildman–Crippen LogP) is 2.90. The summed E-state index contributed by atoms with van der Waals surface area (Å²) in [6.07, 6.45) is 0.836. The molecule has 4 nitrogen and oxygen atoms in total. The monoisotopic (exact) mass is 358 g/mol. The summed E-state index contributed by atoms with van der Waals surface area (Å²) in [5, 5.41) is 2.99. The van der Waals surface area contributed by atoms with Gasteiger partial charge in [-0.25, -0.2) is 0 Å². The van der Waals surface area contributed by atoms with Gasteiger partial charge in [0.2, 0.25) is 5.91 Å². The van der Waals surface area contributed by atoms with E-state index in [4.69, 9.17) is 5.73 Å². The lowest BCUT2D eigenvalue weighted by molar-refractivity contribution is -0.120. The third kappa shape index (κ3) is 8.39. The first-order valence-corrected chi connectivity index (χ1v) is 8.69. The van der Waals surface area contributed by atoms with E-state index >= 15 is 0 Å². The highest BCUT2D eigenvalue weighted by atomic mass is 35.5. The second-order valence-corrected chi connectivity index (χ2v) is 7.18. The molecule has 1 atom stereocenters. The number of hydrogen-bond acceptors (Lipinski definition) is 4. The highest BCUT2D eigenvalue weighted by Gasteiger charge is 2.25. The second kappa shape index (κ2) is 10.7. The topological polar surface area (TPSA) is 72.2 Å². The van der Waals surface area contributed by atoms with Crippen LogP contribution in [-0.2, 0) is 4.79 Å². The number of ketones is 1. The molecule has 130 valence electrons. The molecule has 0 aliphatic heterocycles. The van der Waals surface area contributed by atoms with Gasteiger partial charge < -0.3 is 11.1 Å². The van der Waals surface area contributed by atoms with Gasteiger partial charge in [0, 0.05) is 17.6 Å². The molecule has 0 heterocycles. The molecule has 0 aromatic heterocycles. The molecule has 1 amide bonds. The van der Waals surface area contributed by atoms with E-state index in [1.807, 2.05) is 25.1 Å². The molecule has 0 aliphatic rings. The van der Waals surface area contributed by atoms with Crippen molar-refractivity contribution >= 4 is 35.9 Å². The maximum absolute atomic E-state index is 12.0. The van der Waals surface area contributed by atoms with E-state index in [1.165, 1.54) is 11.8 Å². The van der Waals surface area contributed by atoms with Crippen LogP contribution in [0.4, 0.5) is 0 Å². The van der Waals surface area contributed by atoms with Crippen LogP contribution in [0.5, 0.6) is 0 Å². The van der Waals surface area contributed by atoms with E-state index < -0.39 is 0 Å². The summed E-state index contributed by atoms with van der Waals surface area (Å²) in [4.78, 5) is 24.0. The Labute approximate surface area is 149 Å². The predicted molar refractivity (Wildman–Crippen MR) is 100 cm³/mol. The second-order valence-electron chi connectivity index (χ2n) is 6.19. The summed E-state index contributed by atoms with van der Waals surface area (Å²) in [5.41, 5.74) is 6.08. The average Bonchev–Trinajstić information content (AvgIpc) is 2.47. The first-order chi connectivity index (χ1) is 10.4. The van der Waals surface area contributed by atoms with Crippen LogP contribution in [0.15, 0.2) is 30.3 Å². The summed E-state index contributed by atoms with van der Waals surface area (Å²) in [5.74, 6) is 1.01. The van der Waals surface area contributed by atoms with Crippen LogP contribution in [0.1, 0.15) is 37.6 Å². The molecular formula is C17H27ClN2O2S. The summed E-state index contributed by atoms with van der Waals surface area (Å²) < 4.78 is 0. The number of carbonyl (C=O) groups excluding carboxylic acids is 2. The molecule has 1 unspecified atom stereocenters. The van der Waals surface area contributed by atoms with Crippen molar-refractivity contribution in [2.45, 2.75) is 32.7 Å². The van der Waals surface area contributed by atoms with Gasteiger partial charge in [-0.1, -0.05) is 44.2 Å². The molecule has 0 saturated heterocycles. The number of thioether (sulfide) groups is 1. The quantitative estimate of drug-likeness (QED) is 0.666. The van der Waals surface area contributed by atoms with Crippen molar-refractivity contribution in [2.24, 2.45) is 11.7 Å². The SMILES string of the molecule is CC(C)CC(C)(CN)NC(=O)CSCC(=O)c1ccccc1.Cl. The van der Waals surface area contributed by atoms with E-state index in [9.17, 15) is 9.59 Å². The van der Waals surface area contributed by atoms with Gasteiger partial charge in [0.15, 0.2) is 5.78 Å². The molecule has 0 saturated carbocycles. The van der Waals surface area contributed by atoms with Crippen molar-refractivity contribution < 1.29 is 9.59 Å². The minimum absolute atomic E-state index is 0. The van der Waals surface area contributed by atoms with Crippen LogP contribution in [-0.4, -0.2) is 35.3 Å². The molecule has 0 spiro atoms. The zero-order valence-corrected chi connectivity index (χ0v) is 15.6. The fourth-order valence-corrected chi connectivity index (χ4v) is 3.11. The Hall–Kier alpha value is -1.04. The number of Topliss-reactive ketones (excluding diaryl/α,β-unsaturated/α-hetero) is 1. The fraction of sp³-hybridized carbons (Fsp3) is 0.529. The molecule has 1 aromatic carbocycles. The molecular weight excluding hydrogens is 332 g/mol. The van der Waals surface area contributed by atoms with Crippen LogP contribution in [0, 0.1) is 5.92 Å². The van der Waals surface area contributed by atoms with Crippen LogP contribution >= 0.6 is 24.2 Å². The Kier molecular flexibility index (Phi) is 10.2. The highest BCUT2D eigenvalue weighted by Crippen LogP contribution is 2.16. The minimum Gasteiger partial charge on any atom is -0.349 e. The van der Waals surface area contributed by atoms with Crippen molar-refractivity contribution in [3.8, 4) is 0 Å². The summed E-state index contributed by atoms with van der Waals surface area (Å²) >= 11 is 1.33. The fourth-order valence-electron chi connectivity index (χ4n) is 2.40. The van der Waals surface area contributed by atoms with Crippen molar-refractivity contribution in [1.29, 1.82) is 0 Å². The van der Waals surface area contributed by atoms with Gasteiger partial charge >= 0.3 is 0 Å². The first-order valence-electron chi connectivity index (χ1n) is 7.53. The largest absolute Gasteiger partial charge is 0.349 e. The van der Waals surface area contributed by atoms with Crippen LogP contribution in [0.25, 0.3) is 0 Å². The summed E-state index contributed by atoms with van der Waals surface area (Å²) in [6, 6.07) is 9.13. The molecule has 0 aliphatic carbocycles. The number of halogens is 1. The number of amides is 1. The van der Waals surface area contributed by atoms with Crippen molar-refractivity contribution in [3.05, 3.63) is 35.9 Å². The third-order valence-electron chi connectivity index (χ3n) is 3.31. The highest BCUT2D eigenvalue weighted by molar-refractivity contribution is 8.00. The van der Waals surface area contributed by atoms with Crippen LogP contribution in [0.2, 0.25) is 0 Å². The van der Waals surface area contributed by atoms with Crippen molar-refractivity contribution in [3.63, 3.8) is 0 Å². The molecule has 0 radical (unpaired) electrons. The first kappa shape index (κ1) is 22.0. The van der Waals surface area contributed by atoms with E-state index in [0.717, 1.165) is 6.42 Å². The number of hydrogen-bond donors (Lipinski definition) is 2. The Morgan fingerprint density at radius 2 is 1.83 bits per heavy atom. The Balaban J connectivity index is 0.00000484. The van der Waals surface area contributed by atoms with Crippen LogP contribution in [0.3, 0.4) is 0 Å². The van der Waals surface area contributed by atoms with E-state index in [2.05, 4.69) is 19.2 Å². The Bertz CT molecular complexity index is 497. The maximum atomic E-state index is 12.0. The van der Waals surface area contributed by atoms with E-state index in [0.29, 0.717) is 23.8 Å². The number of nitrogens with one attached hydrogen (secondary N) is 1. The molecule has 23 heavy (non-hydrogen) atoms. The zero-order chi connectivity index (χ0) is 16.6. The molecule has 0 bridgehead atoms. The molecule has 0 fully saturated rings. The Morgan fingerprint density at radius 3 is 2.35 bits per heavy atom. The number of rotatable bonds is 9. The van der Waals surface area contributed by atoms with Gasteiger partial charge in [0.25, 0.3) is 0 Å². The smallest absolute Gasteiger partial charge is 0.230 e. The van der Waals surface area contributed by atoms with Gasteiger partial charge in [-0.2, -0.15) is 0 Å². The van der Waals surface area contributed by atoms with Crippen LogP contribution < -0.4 is 11.1 Å². The lowest BCUT2D eigenvalue weighted by Crippen LogP contribution is -2.52. The van der Waals surface area contributed by atoms with E-state index in [-0.39, 0.29) is 35.4 Å². The average molecular weight is 359 g/mol. The maximum Gasteiger partial charge on any atom is 0.230 e. The van der Waals surface area contributed by atoms with Gasteiger partial charge in [0.1, 0.15) is 0 Å². The van der Waals surface area contributed by atoms with Crippen molar-refractivity contribution in [2.75, 3.05) is 18.1 Å². The Morgan fingerprint density at radius 1 is 1.22 bits per heavy atom. The van der Waals surface area contributed by atoms with Gasteiger partial charge in [-0.05, 0) is 19.3 Å². The number of nitrogens with two attached hydrogens (primary N) is 1.